The van der Waals surface area contributed by atoms with Gasteiger partial charge >= 0.3 is 0 Å². The van der Waals surface area contributed by atoms with Crippen LogP contribution < -0.4 is 0 Å². The lowest BCUT2D eigenvalue weighted by atomic mass is 10.3. The molecule has 0 nitrogen and oxygen atoms in total. The van der Waals surface area contributed by atoms with Crippen molar-refractivity contribution in [2.24, 2.45) is 0 Å². The average molecular weight is 136 g/mol. The van der Waals surface area contributed by atoms with Crippen LogP contribution in [0, 0.1) is 0 Å². The van der Waals surface area contributed by atoms with Gasteiger partial charge in [-0.1, -0.05) is 43.0 Å². The van der Waals surface area contributed by atoms with Crippen LogP contribution in [-0.2, 0) is 0 Å². The lowest BCUT2D eigenvalue weighted by Gasteiger charge is -1.80. The average Bonchev–Trinajstić information content (AvgIpc) is 1.90. The zero-order valence-electron chi connectivity index (χ0n) is 6.93. The first-order chi connectivity index (χ1) is 4.72. The van der Waals surface area contributed by atoms with Gasteiger partial charge < -0.3 is 0 Å². The minimum atomic E-state index is 1.15. The summed E-state index contributed by atoms with van der Waals surface area (Å²) >= 11 is 0. The molecule has 0 aliphatic carbocycles. The van der Waals surface area contributed by atoms with Gasteiger partial charge in [-0.05, 0) is 13.8 Å². The van der Waals surface area contributed by atoms with E-state index in [2.05, 4.69) is 19.7 Å². The van der Waals surface area contributed by atoms with Crippen molar-refractivity contribution in [3.05, 3.63) is 49.6 Å². The Morgan fingerprint density at radius 2 is 1.60 bits per heavy atom. The second kappa shape index (κ2) is 10.9. The fourth-order valence-electron chi connectivity index (χ4n) is 0.254. The molecule has 0 atom stereocenters. The van der Waals surface area contributed by atoms with Crippen molar-refractivity contribution in [1.29, 1.82) is 0 Å². The molecular weight excluding hydrogens is 120 g/mol. The maximum Gasteiger partial charge on any atom is -0.0398 e. The highest BCUT2D eigenvalue weighted by molar-refractivity contribution is 5.17. The highest BCUT2D eigenvalue weighted by Crippen LogP contribution is 1.90. The van der Waals surface area contributed by atoms with E-state index in [1.54, 1.807) is 18.2 Å². The van der Waals surface area contributed by atoms with Gasteiger partial charge in [0, 0.05) is 0 Å². The van der Waals surface area contributed by atoms with Gasteiger partial charge in [-0.25, -0.2) is 0 Å². The molecule has 0 radical (unpaired) electrons. The smallest absolute Gasteiger partial charge is 0.0398 e. The van der Waals surface area contributed by atoms with E-state index in [0.29, 0.717) is 0 Å². The molecule has 0 heteroatoms. The van der Waals surface area contributed by atoms with E-state index in [4.69, 9.17) is 0 Å². The van der Waals surface area contributed by atoms with Crippen LogP contribution in [0.4, 0.5) is 0 Å². The van der Waals surface area contributed by atoms with Crippen LogP contribution in [0.3, 0.4) is 0 Å². The van der Waals surface area contributed by atoms with E-state index < -0.39 is 0 Å². The van der Waals surface area contributed by atoms with Crippen molar-refractivity contribution in [3.63, 3.8) is 0 Å². The molecule has 0 fully saturated rings. The molecule has 56 valence electrons. The normalized spacial score (nSPS) is 8.80. The third-order valence-corrected chi connectivity index (χ3v) is 0.703. The predicted molar refractivity (Wildman–Crippen MR) is 50.0 cm³/mol. The summed E-state index contributed by atoms with van der Waals surface area (Å²) in [4.78, 5) is 0. The van der Waals surface area contributed by atoms with Gasteiger partial charge in [0.15, 0.2) is 0 Å². The van der Waals surface area contributed by atoms with Crippen LogP contribution in [0.1, 0.15) is 13.8 Å². The zero-order chi connectivity index (χ0) is 8.41. The maximum atomic E-state index is 3.56. The molecular formula is C10H16. The van der Waals surface area contributed by atoms with Crippen molar-refractivity contribution in [3.8, 4) is 0 Å². The van der Waals surface area contributed by atoms with E-state index in [1.165, 1.54) is 0 Å². The van der Waals surface area contributed by atoms with Crippen LogP contribution in [-0.4, -0.2) is 0 Å². The van der Waals surface area contributed by atoms with Gasteiger partial charge in [0.2, 0.25) is 0 Å². The summed E-state index contributed by atoms with van der Waals surface area (Å²) in [5.74, 6) is 0. The van der Waals surface area contributed by atoms with Gasteiger partial charge in [-0.15, -0.1) is 6.58 Å². The summed E-state index contributed by atoms with van der Waals surface area (Å²) in [6.07, 6.45) is 7.20. The van der Waals surface area contributed by atoms with Crippen molar-refractivity contribution < 1.29 is 0 Å². The van der Waals surface area contributed by atoms with Crippen LogP contribution in [0.25, 0.3) is 0 Å². The Morgan fingerprint density at radius 1 is 1.20 bits per heavy atom. The summed E-state index contributed by atoms with van der Waals surface area (Å²) in [7, 11) is 0. The molecule has 0 aliphatic heterocycles. The summed E-state index contributed by atoms with van der Waals surface area (Å²) in [5, 5.41) is 0. The molecule has 0 aromatic carbocycles. The maximum absolute atomic E-state index is 3.56. The van der Waals surface area contributed by atoms with Gasteiger partial charge in [0.25, 0.3) is 0 Å². The highest BCUT2D eigenvalue weighted by Gasteiger charge is 1.68. The van der Waals surface area contributed by atoms with Crippen LogP contribution >= 0.6 is 0 Å². The van der Waals surface area contributed by atoms with Crippen LogP contribution in [0.5, 0.6) is 0 Å². The molecule has 0 rings (SSSR count). The van der Waals surface area contributed by atoms with Crippen LogP contribution in [0.2, 0.25) is 0 Å². The summed E-state index contributed by atoms with van der Waals surface area (Å²) in [5.41, 5.74) is 1.15. The predicted octanol–water partition coefficient (Wildman–Crippen LogP) is 3.50. The fourth-order valence-corrected chi connectivity index (χ4v) is 0.254. The van der Waals surface area contributed by atoms with Crippen molar-refractivity contribution in [2.75, 3.05) is 0 Å². The molecule has 0 bridgehead atoms. The molecule has 0 amide bonds. The van der Waals surface area contributed by atoms with E-state index in [9.17, 15) is 0 Å². The van der Waals surface area contributed by atoms with Gasteiger partial charge in [-0.2, -0.15) is 0 Å². The third kappa shape index (κ3) is 15.8. The van der Waals surface area contributed by atoms with Crippen molar-refractivity contribution in [2.45, 2.75) is 13.8 Å². The summed E-state index contributed by atoms with van der Waals surface area (Å²) in [6, 6.07) is 0. The topological polar surface area (TPSA) is 0 Å². The molecule has 0 saturated carbocycles. The second-order valence-electron chi connectivity index (χ2n) is 1.76. The fraction of sp³-hybridized carbons (Fsp3) is 0.200. The molecule has 0 aromatic heterocycles. The summed E-state index contributed by atoms with van der Waals surface area (Å²) in [6.45, 7) is 14.3. The molecule has 0 N–H and O–H groups in total. The van der Waals surface area contributed by atoms with Gasteiger partial charge in [0.05, 0.1) is 0 Å². The highest BCUT2D eigenvalue weighted by atomic mass is 13.8. The Bertz CT molecular complexity index is 127. The van der Waals surface area contributed by atoms with E-state index in [0.717, 1.165) is 5.57 Å². The Labute approximate surface area is 64.3 Å². The lowest BCUT2D eigenvalue weighted by molar-refractivity contribution is 1.54. The second-order valence-corrected chi connectivity index (χ2v) is 1.76. The summed E-state index contributed by atoms with van der Waals surface area (Å²) < 4.78 is 0. The van der Waals surface area contributed by atoms with Crippen molar-refractivity contribution >= 4 is 0 Å². The Hall–Kier alpha value is -1.04. The standard InChI is InChI=1S/C7H10.C3H6/c1-4-6-7(3)5-2;1-3-2/h4-6H,1-2H2,3H3;3H,1H2,2H3/b7-6-;. The molecule has 0 spiro atoms. The minimum Gasteiger partial charge on any atom is -0.103 e. The molecule has 0 heterocycles. The molecule has 0 aromatic rings. The number of rotatable bonds is 2. The monoisotopic (exact) mass is 136 g/mol. The lowest BCUT2D eigenvalue weighted by Crippen LogP contribution is -1.58. The van der Waals surface area contributed by atoms with Gasteiger partial charge in [-0.3, -0.25) is 0 Å². The molecule has 0 unspecified atom stereocenters. The Balaban J connectivity index is 0. The van der Waals surface area contributed by atoms with Crippen LogP contribution in [0.15, 0.2) is 49.6 Å². The van der Waals surface area contributed by atoms with E-state index in [-0.39, 0.29) is 0 Å². The first-order valence-corrected chi connectivity index (χ1v) is 3.21. The van der Waals surface area contributed by atoms with Crippen molar-refractivity contribution in [1.82, 2.24) is 0 Å². The Morgan fingerprint density at radius 3 is 1.70 bits per heavy atom. The molecule has 0 aliphatic rings. The largest absolute Gasteiger partial charge is 0.103 e. The minimum absolute atomic E-state index is 1.15. The van der Waals surface area contributed by atoms with Gasteiger partial charge in [0.1, 0.15) is 0 Å². The van der Waals surface area contributed by atoms with E-state index >= 15 is 0 Å². The molecule has 0 saturated heterocycles. The quantitative estimate of drug-likeness (QED) is 0.402. The number of hydrogen-bond donors (Lipinski definition) is 0. The Kier molecular flexibility index (Phi) is 12.7. The number of allylic oxidation sites excluding steroid dienone is 5. The first-order valence-electron chi connectivity index (χ1n) is 3.21. The zero-order valence-corrected chi connectivity index (χ0v) is 6.93. The first kappa shape index (κ1) is 11.7. The number of hydrogen-bond acceptors (Lipinski definition) is 0. The van der Waals surface area contributed by atoms with E-state index in [1.807, 2.05) is 19.9 Å². The third-order valence-electron chi connectivity index (χ3n) is 0.703. The SMILES string of the molecule is C=C/C=C(/C)C=C.C=CC. The molecule has 10 heavy (non-hydrogen) atoms.